The van der Waals surface area contributed by atoms with E-state index in [0.29, 0.717) is 23.4 Å². The zero-order chi connectivity index (χ0) is 20.8. The number of carbonyl (C=O) groups excluding carboxylic acids is 2. The van der Waals surface area contributed by atoms with Crippen LogP contribution in [0.1, 0.15) is 58.5 Å². The van der Waals surface area contributed by atoms with E-state index in [-0.39, 0.29) is 17.7 Å². The fraction of sp³-hybridized carbons (Fsp3) is 0.417. The Morgan fingerprint density at radius 1 is 1.17 bits per heavy atom. The third kappa shape index (κ3) is 5.04. The van der Waals surface area contributed by atoms with Crippen molar-refractivity contribution in [1.82, 2.24) is 10.2 Å². The molecule has 0 spiro atoms. The van der Waals surface area contributed by atoms with Crippen molar-refractivity contribution in [2.45, 2.75) is 45.7 Å². The molecular weight excluding hydrogens is 364 g/mol. The van der Waals surface area contributed by atoms with Gasteiger partial charge in [-0.05, 0) is 55.6 Å². The summed E-state index contributed by atoms with van der Waals surface area (Å²) in [5.41, 5.74) is 3.64. The first-order valence-corrected chi connectivity index (χ1v) is 10.3. The van der Waals surface area contributed by atoms with E-state index in [1.165, 1.54) is 25.2 Å². The normalized spacial score (nSPS) is 16.2. The van der Waals surface area contributed by atoms with Crippen LogP contribution in [-0.2, 0) is 13.0 Å². The van der Waals surface area contributed by atoms with Gasteiger partial charge in [0.1, 0.15) is 5.75 Å². The van der Waals surface area contributed by atoms with E-state index in [1.54, 1.807) is 18.2 Å². The summed E-state index contributed by atoms with van der Waals surface area (Å²) in [7, 11) is 1.53. The quantitative estimate of drug-likeness (QED) is 0.691. The Hall–Kier alpha value is -2.66. The number of unbranched alkanes of at least 4 members (excludes halogenated alkanes) is 1. The zero-order valence-corrected chi connectivity index (χ0v) is 17.5. The van der Waals surface area contributed by atoms with Gasteiger partial charge in [0.15, 0.2) is 5.78 Å². The molecule has 0 bridgehead atoms. The minimum atomic E-state index is -0.209. The van der Waals surface area contributed by atoms with E-state index in [0.717, 1.165) is 32.4 Å². The fourth-order valence-corrected chi connectivity index (χ4v) is 3.88. The second-order valence-corrected chi connectivity index (χ2v) is 7.63. The maximum absolute atomic E-state index is 12.9. The van der Waals surface area contributed by atoms with Crippen LogP contribution < -0.4 is 10.1 Å². The van der Waals surface area contributed by atoms with E-state index in [4.69, 9.17) is 4.74 Å². The molecule has 0 aliphatic carbocycles. The number of nitrogens with zero attached hydrogens (tertiary/aromatic N) is 1. The van der Waals surface area contributed by atoms with Gasteiger partial charge in [-0.25, -0.2) is 0 Å². The number of nitrogens with one attached hydrogen (secondary N) is 1. The molecule has 1 aliphatic heterocycles. The molecule has 3 rings (SSSR count). The summed E-state index contributed by atoms with van der Waals surface area (Å²) in [6, 6.07) is 13.8. The number of hydrogen-bond donors (Lipinski definition) is 1. The number of fused-ring (bicyclic) bond motifs is 1. The zero-order valence-electron chi connectivity index (χ0n) is 17.5. The number of hydrogen-bond acceptors (Lipinski definition) is 4. The van der Waals surface area contributed by atoms with Gasteiger partial charge in [-0.15, -0.1) is 0 Å². The molecule has 5 nitrogen and oxygen atoms in total. The molecule has 0 fully saturated rings. The highest BCUT2D eigenvalue weighted by Gasteiger charge is 2.26. The molecule has 5 heteroatoms. The molecule has 2 aromatic carbocycles. The van der Waals surface area contributed by atoms with Gasteiger partial charge in [0.05, 0.1) is 12.7 Å². The molecule has 1 heterocycles. The summed E-state index contributed by atoms with van der Waals surface area (Å²) < 4.78 is 5.33. The average Bonchev–Trinajstić information content (AvgIpc) is 2.75. The summed E-state index contributed by atoms with van der Waals surface area (Å²) in [5, 5.41) is 3.07. The van der Waals surface area contributed by atoms with Gasteiger partial charge < -0.3 is 10.1 Å². The summed E-state index contributed by atoms with van der Waals surface area (Å²) in [4.78, 5) is 27.1. The summed E-state index contributed by atoms with van der Waals surface area (Å²) in [6.45, 7) is 6.19. The smallest absolute Gasteiger partial charge is 0.255 e. The lowest BCUT2D eigenvalue weighted by Gasteiger charge is -2.37. The first kappa shape index (κ1) is 21.1. The van der Waals surface area contributed by atoms with E-state index in [9.17, 15) is 9.59 Å². The largest absolute Gasteiger partial charge is 0.496 e. The summed E-state index contributed by atoms with van der Waals surface area (Å²) in [6.07, 6.45) is 3.21. The van der Waals surface area contributed by atoms with Crippen molar-refractivity contribution in [3.05, 3.63) is 64.7 Å². The van der Waals surface area contributed by atoms with Gasteiger partial charge in [-0.1, -0.05) is 37.6 Å². The standard InChI is InChI=1S/C24H30N2O3/c1-4-5-12-26-16-20-9-7-6-8-19(20)13-21(26)15-25-24(28)22-14-18(17(2)27)10-11-23(22)29-3/h6-11,14,21H,4-5,12-13,15-16H2,1-3H3,(H,25,28)/t21-/m0/s1. The highest BCUT2D eigenvalue weighted by molar-refractivity contribution is 6.01. The third-order valence-electron chi connectivity index (χ3n) is 5.61. The van der Waals surface area contributed by atoms with Gasteiger partial charge in [0.25, 0.3) is 5.91 Å². The number of ether oxygens (including phenoxy) is 1. The molecule has 2 aromatic rings. The second-order valence-electron chi connectivity index (χ2n) is 7.63. The Morgan fingerprint density at radius 2 is 1.93 bits per heavy atom. The average molecular weight is 395 g/mol. The highest BCUT2D eigenvalue weighted by atomic mass is 16.5. The number of Topliss-reactive ketones (excluding diaryl/α,β-unsaturated/α-hetero) is 1. The lowest BCUT2D eigenvalue weighted by Crippen LogP contribution is -2.47. The first-order valence-electron chi connectivity index (χ1n) is 10.3. The Kier molecular flexibility index (Phi) is 7.04. The van der Waals surface area contributed by atoms with Crippen LogP contribution in [0.25, 0.3) is 0 Å². The molecule has 0 aromatic heterocycles. The van der Waals surface area contributed by atoms with Crippen molar-refractivity contribution in [2.24, 2.45) is 0 Å². The number of benzene rings is 2. The van der Waals surface area contributed by atoms with Crippen LogP contribution >= 0.6 is 0 Å². The highest BCUT2D eigenvalue weighted by Crippen LogP contribution is 2.24. The van der Waals surface area contributed by atoms with Crippen LogP contribution in [0.15, 0.2) is 42.5 Å². The molecule has 154 valence electrons. The maximum Gasteiger partial charge on any atom is 0.255 e. The number of rotatable bonds is 8. The van der Waals surface area contributed by atoms with Gasteiger partial charge in [-0.3, -0.25) is 14.5 Å². The molecule has 0 radical (unpaired) electrons. The lowest BCUT2D eigenvalue weighted by molar-refractivity contribution is 0.0921. The predicted octanol–water partition coefficient (Wildman–Crippen LogP) is 3.85. The Balaban J connectivity index is 1.74. The predicted molar refractivity (Wildman–Crippen MR) is 115 cm³/mol. The molecule has 0 unspecified atom stereocenters. The third-order valence-corrected chi connectivity index (χ3v) is 5.61. The minimum Gasteiger partial charge on any atom is -0.496 e. The number of amides is 1. The summed E-state index contributed by atoms with van der Waals surface area (Å²) >= 11 is 0. The SMILES string of the molecule is CCCCN1Cc2ccccc2C[C@H]1CNC(=O)c1cc(C(C)=O)ccc1OC. The number of carbonyl (C=O) groups is 2. The summed E-state index contributed by atoms with van der Waals surface area (Å²) in [5.74, 6) is 0.194. The van der Waals surface area contributed by atoms with Crippen LogP contribution in [-0.4, -0.2) is 42.8 Å². The maximum atomic E-state index is 12.9. The van der Waals surface area contributed by atoms with Crippen molar-refractivity contribution >= 4 is 11.7 Å². The fourth-order valence-electron chi connectivity index (χ4n) is 3.88. The Bertz CT molecular complexity index is 878. The van der Waals surface area contributed by atoms with Gasteiger partial charge in [0, 0.05) is 24.7 Å². The van der Waals surface area contributed by atoms with Gasteiger partial charge in [0.2, 0.25) is 0 Å². The molecule has 1 N–H and O–H groups in total. The van der Waals surface area contributed by atoms with E-state index >= 15 is 0 Å². The van der Waals surface area contributed by atoms with Crippen LogP contribution in [0.5, 0.6) is 5.75 Å². The van der Waals surface area contributed by atoms with E-state index in [2.05, 4.69) is 41.4 Å². The van der Waals surface area contributed by atoms with E-state index < -0.39 is 0 Å². The van der Waals surface area contributed by atoms with E-state index in [1.807, 2.05) is 0 Å². The minimum absolute atomic E-state index is 0.0728. The molecule has 29 heavy (non-hydrogen) atoms. The number of methoxy groups -OCH3 is 1. The molecule has 0 saturated carbocycles. The van der Waals surface area contributed by atoms with Crippen molar-refractivity contribution in [2.75, 3.05) is 20.2 Å². The lowest BCUT2D eigenvalue weighted by atomic mass is 9.93. The van der Waals surface area contributed by atoms with Crippen LogP contribution in [0.3, 0.4) is 0 Å². The molecule has 1 aliphatic rings. The topological polar surface area (TPSA) is 58.6 Å². The number of ketones is 1. The monoisotopic (exact) mass is 394 g/mol. The van der Waals surface area contributed by atoms with Crippen LogP contribution in [0, 0.1) is 0 Å². The van der Waals surface area contributed by atoms with Crippen molar-refractivity contribution < 1.29 is 14.3 Å². The van der Waals surface area contributed by atoms with Crippen molar-refractivity contribution in [3.8, 4) is 5.75 Å². The molecule has 1 amide bonds. The van der Waals surface area contributed by atoms with Gasteiger partial charge >= 0.3 is 0 Å². The molecular formula is C24H30N2O3. The van der Waals surface area contributed by atoms with Gasteiger partial charge in [-0.2, -0.15) is 0 Å². The molecule has 1 atom stereocenters. The first-order chi connectivity index (χ1) is 14.0. The molecule has 0 saturated heterocycles. The van der Waals surface area contributed by atoms with Crippen molar-refractivity contribution in [3.63, 3.8) is 0 Å². The van der Waals surface area contributed by atoms with Crippen LogP contribution in [0.2, 0.25) is 0 Å². The Morgan fingerprint density at radius 3 is 2.62 bits per heavy atom. The van der Waals surface area contributed by atoms with Crippen LogP contribution in [0.4, 0.5) is 0 Å². The Labute approximate surface area is 173 Å². The van der Waals surface area contributed by atoms with Crippen molar-refractivity contribution in [1.29, 1.82) is 0 Å². The second kappa shape index (κ2) is 9.70.